The fourth-order valence-corrected chi connectivity index (χ4v) is 4.61. The van der Waals surface area contributed by atoms with E-state index >= 15 is 0 Å². The molecule has 0 radical (unpaired) electrons. The summed E-state index contributed by atoms with van der Waals surface area (Å²) in [6, 6.07) is 1.63. The van der Waals surface area contributed by atoms with Gasteiger partial charge in [0.2, 0.25) is 0 Å². The van der Waals surface area contributed by atoms with Gasteiger partial charge in [-0.3, -0.25) is 4.90 Å². The van der Waals surface area contributed by atoms with Gasteiger partial charge in [0.05, 0.1) is 0 Å². The number of hydrogen-bond donors (Lipinski definition) is 1. The molecule has 0 aromatic carbocycles. The third-order valence-electron chi connectivity index (χ3n) is 6.13. The van der Waals surface area contributed by atoms with Crippen molar-refractivity contribution in [1.82, 2.24) is 4.90 Å². The van der Waals surface area contributed by atoms with Crippen LogP contribution in [0.5, 0.6) is 0 Å². The summed E-state index contributed by atoms with van der Waals surface area (Å²) in [6.07, 6.45) is 12.7. The van der Waals surface area contributed by atoms with Crippen LogP contribution in [0.2, 0.25) is 0 Å². The topological polar surface area (TPSA) is 29.3 Å². The lowest BCUT2D eigenvalue weighted by Gasteiger charge is -2.45. The molecule has 0 saturated heterocycles. The average molecular weight is 295 g/mol. The zero-order chi connectivity index (χ0) is 15.2. The minimum atomic E-state index is 0.751. The van der Waals surface area contributed by atoms with Gasteiger partial charge < -0.3 is 5.73 Å². The maximum atomic E-state index is 6.15. The van der Waals surface area contributed by atoms with Crippen molar-refractivity contribution < 1.29 is 0 Å². The van der Waals surface area contributed by atoms with Crippen molar-refractivity contribution in [3.8, 4) is 0 Å². The molecule has 2 saturated carbocycles. The van der Waals surface area contributed by atoms with Crippen molar-refractivity contribution in [3.05, 3.63) is 0 Å². The lowest BCUT2D eigenvalue weighted by molar-refractivity contribution is 0.0435. The van der Waals surface area contributed by atoms with Gasteiger partial charge in [0.1, 0.15) is 0 Å². The Balaban J connectivity index is 2.07. The van der Waals surface area contributed by atoms with E-state index in [0.29, 0.717) is 0 Å². The van der Waals surface area contributed by atoms with E-state index < -0.39 is 0 Å². The van der Waals surface area contributed by atoms with Gasteiger partial charge in [-0.2, -0.15) is 0 Å². The van der Waals surface area contributed by atoms with Gasteiger partial charge in [-0.25, -0.2) is 0 Å². The molecule has 0 aromatic rings. The highest BCUT2D eigenvalue weighted by molar-refractivity contribution is 4.91. The molecule has 3 atom stereocenters. The maximum absolute atomic E-state index is 6.15. The zero-order valence-electron chi connectivity index (χ0n) is 14.7. The van der Waals surface area contributed by atoms with Gasteiger partial charge in [0, 0.05) is 12.1 Å². The number of rotatable bonds is 7. The summed E-state index contributed by atoms with van der Waals surface area (Å²) in [6.45, 7) is 9.30. The highest BCUT2D eigenvalue weighted by Gasteiger charge is 2.36. The molecule has 2 aliphatic carbocycles. The van der Waals surface area contributed by atoms with Crippen LogP contribution in [0.1, 0.15) is 78.6 Å². The molecule has 0 heterocycles. The zero-order valence-corrected chi connectivity index (χ0v) is 14.7. The second kappa shape index (κ2) is 8.53. The first kappa shape index (κ1) is 17.3. The largest absolute Gasteiger partial charge is 0.330 e. The number of nitrogens with zero attached hydrogens (tertiary/aromatic N) is 1. The van der Waals surface area contributed by atoms with E-state index in [1.54, 1.807) is 0 Å². The monoisotopic (exact) mass is 294 g/mol. The van der Waals surface area contributed by atoms with Crippen molar-refractivity contribution in [1.29, 1.82) is 0 Å². The van der Waals surface area contributed by atoms with Gasteiger partial charge in [-0.1, -0.05) is 46.5 Å². The molecule has 2 aliphatic rings. The first-order chi connectivity index (χ1) is 10.2. The Kier molecular flexibility index (Phi) is 7.01. The summed E-state index contributed by atoms with van der Waals surface area (Å²) in [4.78, 5) is 2.92. The van der Waals surface area contributed by atoms with E-state index in [1.807, 2.05) is 0 Å². The Bertz CT molecular complexity index is 283. The van der Waals surface area contributed by atoms with Crippen LogP contribution in [0.4, 0.5) is 0 Å². The summed E-state index contributed by atoms with van der Waals surface area (Å²) >= 11 is 0. The standard InChI is InChI=1S/C19H38N2/c1-4-16-9-10-17(14-20)19(13-16)21(12-11-15(2)3)18-7-5-6-8-18/h15-19H,4-14,20H2,1-3H3. The maximum Gasteiger partial charge on any atom is 0.0141 e. The van der Waals surface area contributed by atoms with Crippen LogP contribution < -0.4 is 5.73 Å². The van der Waals surface area contributed by atoms with Crippen LogP contribution in [0, 0.1) is 17.8 Å². The van der Waals surface area contributed by atoms with Gasteiger partial charge in [0.25, 0.3) is 0 Å². The Morgan fingerprint density at radius 3 is 2.38 bits per heavy atom. The van der Waals surface area contributed by atoms with Gasteiger partial charge in [-0.05, 0) is 62.9 Å². The van der Waals surface area contributed by atoms with Crippen LogP contribution in [0.15, 0.2) is 0 Å². The van der Waals surface area contributed by atoms with E-state index in [2.05, 4.69) is 25.7 Å². The second-order valence-corrected chi connectivity index (χ2v) is 8.01. The first-order valence-electron chi connectivity index (χ1n) is 9.61. The van der Waals surface area contributed by atoms with Crippen molar-refractivity contribution in [2.75, 3.05) is 13.1 Å². The lowest BCUT2D eigenvalue weighted by Crippen LogP contribution is -2.51. The highest BCUT2D eigenvalue weighted by Crippen LogP contribution is 2.37. The molecule has 0 bridgehead atoms. The fourth-order valence-electron chi connectivity index (χ4n) is 4.61. The average Bonchev–Trinajstić information content (AvgIpc) is 3.01. The molecule has 2 N–H and O–H groups in total. The third kappa shape index (κ3) is 4.69. The molecule has 0 spiro atoms. The smallest absolute Gasteiger partial charge is 0.0141 e. The molecule has 2 rings (SSSR count). The summed E-state index contributed by atoms with van der Waals surface area (Å²) in [5, 5.41) is 0. The van der Waals surface area contributed by atoms with Crippen LogP contribution >= 0.6 is 0 Å². The molecule has 0 aromatic heterocycles. The van der Waals surface area contributed by atoms with E-state index in [-0.39, 0.29) is 0 Å². The molecule has 124 valence electrons. The molecule has 2 nitrogen and oxygen atoms in total. The van der Waals surface area contributed by atoms with Gasteiger partial charge in [-0.15, -0.1) is 0 Å². The van der Waals surface area contributed by atoms with Crippen LogP contribution in [-0.2, 0) is 0 Å². The normalized spacial score (nSPS) is 31.4. The molecular formula is C19H38N2. The Hall–Kier alpha value is -0.0800. The molecule has 3 unspecified atom stereocenters. The molecule has 21 heavy (non-hydrogen) atoms. The van der Waals surface area contributed by atoms with Crippen molar-refractivity contribution in [2.45, 2.75) is 90.6 Å². The molecule has 0 aliphatic heterocycles. The van der Waals surface area contributed by atoms with Crippen LogP contribution in [-0.4, -0.2) is 30.1 Å². The van der Waals surface area contributed by atoms with Crippen LogP contribution in [0.3, 0.4) is 0 Å². The van der Waals surface area contributed by atoms with E-state index in [0.717, 1.165) is 36.4 Å². The lowest BCUT2D eigenvalue weighted by atomic mass is 9.76. The van der Waals surface area contributed by atoms with Crippen molar-refractivity contribution in [3.63, 3.8) is 0 Å². The first-order valence-corrected chi connectivity index (χ1v) is 9.61. The van der Waals surface area contributed by atoms with Crippen molar-refractivity contribution >= 4 is 0 Å². The summed E-state index contributed by atoms with van der Waals surface area (Å²) < 4.78 is 0. The molecule has 2 fully saturated rings. The summed E-state index contributed by atoms with van der Waals surface area (Å²) in [5.41, 5.74) is 6.15. The summed E-state index contributed by atoms with van der Waals surface area (Å²) in [5.74, 6) is 2.51. The molecule has 0 amide bonds. The van der Waals surface area contributed by atoms with Gasteiger partial charge in [0.15, 0.2) is 0 Å². The van der Waals surface area contributed by atoms with E-state index in [4.69, 9.17) is 5.73 Å². The minimum Gasteiger partial charge on any atom is -0.330 e. The third-order valence-corrected chi connectivity index (χ3v) is 6.13. The van der Waals surface area contributed by atoms with Gasteiger partial charge >= 0.3 is 0 Å². The number of nitrogens with two attached hydrogens (primary N) is 1. The second-order valence-electron chi connectivity index (χ2n) is 8.01. The molecular weight excluding hydrogens is 256 g/mol. The Labute approximate surface area is 132 Å². The van der Waals surface area contributed by atoms with Crippen molar-refractivity contribution in [2.24, 2.45) is 23.5 Å². The fraction of sp³-hybridized carbons (Fsp3) is 1.00. The SMILES string of the molecule is CCC1CCC(CN)C(N(CCC(C)C)C2CCCC2)C1. The highest BCUT2D eigenvalue weighted by atomic mass is 15.2. The van der Waals surface area contributed by atoms with E-state index in [1.165, 1.54) is 64.3 Å². The summed E-state index contributed by atoms with van der Waals surface area (Å²) in [7, 11) is 0. The predicted molar refractivity (Wildman–Crippen MR) is 92.4 cm³/mol. The Morgan fingerprint density at radius 1 is 1.10 bits per heavy atom. The number of hydrogen-bond acceptors (Lipinski definition) is 2. The minimum absolute atomic E-state index is 0.751. The quantitative estimate of drug-likeness (QED) is 0.752. The van der Waals surface area contributed by atoms with E-state index in [9.17, 15) is 0 Å². The Morgan fingerprint density at radius 2 is 1.81 bits per heavy atom. The molecule has 2 heteroatoms. The predicted octanol–water partition coefficient (Wildman–Crippen LogP) is 4.43. The van der Waals surface area contributed by atoms with Crippen LogP contribution in [0.25, 0.3) is 0 Å².